The van der Waals surface area contributed by atoms with Gasteiger partial charge in [-0.25, -0.2) is 0 Å². The van der Waals surface area contributed by atoms with E-state index in [9.17, 15) is 0 Å². The molecular weight excluding hydrogens is 246 g/mol. The summed E-state index contributed by atoms with van der Waals surface area (Å²) in [7, 11) is 1.73. The van der Waals surface area contributed by atoms with Crippen molar-refractivity contribution >= 4 is 0 Å². The van der Waals surface area contributed by atoms with Crippen LogP contribution in [0, 0.1) is 5.92 Å². The van der Waals surface area contributed by atoms with Gasteiger partial charge in [-0.3, -0.25) is 0 Å². The van der Waals surface area contributed by atoms with Gasteiger partial charge in [0.2, 0.25) is 0 Å². The van der Waals surface area contributed by atoms with Gasteiger partial charge in [-0.15, -0.1) is 0 Å². The molecule has 20 heavy (non-hydrogen) atoms. The van der Waals surface area contributed by atoms with Crippen LogP contribution in [0.25, 0.3) is 0 Å². The Labute approximate surface area is 124 Å². The van der Waals surface area contributed by atoms with E-state index in [0.29, 0.717) is 6.04 Å². The van der Waals surface area contributed by atoms with E-state index in [1.807, 2.05) is 6.07 Å². The lowest BCUT2D eigenvalue weighted by atomic mass is 9.93. The van der Waals surface area contributed by atoms with Crippen LogP contribution in [-0.2, 0) is 6.42 Å². The van der Waals surface area contributed by atoms with Crippen LogP contribution in [-0.4, -0.2) is 19.7 Å². The maximum Gasteiger partial charge on any atom is 0.119 e. The number of methoxy groups -OCH3 is 1. The Balaban J connectivity index is 2.56. The molecule has 0 aliphatic carbocycles. The van der Waals surface area contributed by atoms with Gasteiger partial charge in [0.05, 0.1) is 7.11 Å². The Bertz CT molecular complexity index is 362. The van der Waals surface area contributed by atoms with E-state index in [1.165, 1.54) is 31.2 Å². The fraction of sp³-hybridized carbons (Fsp3) is 0.667. The Hall–Kier alpha value is -1.02. The predicted octanol–water partition coefficient (Wildman–Crippen LogP) is 4.43. The third-order valence-corrected chi connectivity index (χ3v) is 3.69. The summed E-state index contributed by atoms with van der Waals surface area (Å²) in [5, 5.41) is 3.59. The normalized spacial score (nSPS) is 12.7. The minimum Gasteiger partial charge on any atom is -0.497 e. The van der Waals surface area contributed by atoms with Crippen LogP contribution in [0.15, 0.2) is 24.3 Å². The van der Waals surface area contributed by atoms with Crippen LogP contribution in [0.5, 0.6) is 5.75 Å². The molecule has 1 rings (SSSR count). The molecule has 1 atom stereocenters. The topological polar surface area (TPSA) is 21.3 Å². The maximum absolute atomic E-state index is 5.32. The molecule has 0 spiro atoms. The van der Waals surface area contributed by atoms with Crippen molar-refractivity contribution in [2.24, 2.45) is 5.92 Å². The second-order valence-electron chi connectivity index (χ2n) is 5.98. The summed E-state index contributed by atoms with van der Waals surface area (Å²) >= 11 is 0. The number of ether oxygens (including phenoxy) is 1. The van der Waals surface area contributed by atoms with Crippen LogP contribution in [0.4, 0.5) is 0 Å². The van der Waals surface area contributed by atoms with Gasteiger partial charge in [0, 0.05) is 6.04 Å². The predicted molar refractivity (Wildman–Crippen MR) is 87.5 cm³/mol. The number of rotatable bonds is 10. The van der Waals surface area contributed by atoms with Crippen LogP contribution >= 0.6 is 0 Å². The van der Waals surface area contributed by atoms with Gasteiger partial charge in [-0.05, 0) is 43.0 Å². The molecular formula is C18H31NO. The van der Waals surface area contributed by atoms with Crippen molar-refractivity contribution in [1.82, 2.24) is 5.32 Å². The molecule has 0 radical (unpaired) electrons. The molecule has 0 aromatic heterocycles. The third-order valence-electron chi connectivity index (χ3n) is 3.69. The van der Waals surface area contributed by atoms with E-state index in [0.717, 1.165) is 24.6 Å². The molecule has 0 amide bonds. The lowest BCUT2D eigenvalue weighted by Crippen LogP contribution is -2.30. The van der Waals surface area contributed by atoms with Crippen LogP contribution in [0.2, 0.25) is 0 Å². The molecule has 0 bridgehead atoms. The van der Waals surface area contributed by atoms with E-state index in [2.05, 4.69) is 44.3 Å². The van der Waals surface area contributed by atoms with Crippen molar-refractivity contribution < 1.29 is 4.74 Å². The molecule has 0 heterocycles. The first-order valence-corrected chi connectivity index (χ1v) is 8.02. The quantitative estimate of drug-likeness (QED) is 0.639. The molecule has 114 valence electrons. The van der Waals surface area contributed by atoms with Gasteiger partial charge < -0.3 is 10.1 Å². The molecule has 1 aromatic carbocycles. The summed E-state index contributed by atoms with van der Waals surface area (Å²) in [6.07, 6.45) is 6.43. The summed E-state index contributed by atoms with van der Waals surface area (Å²) in [4.78, 5) is 0. The Kier molecular flexibility index (Phi) is 8.36. The fourth-order valence-corrected chi connectivity index (χ4v) is 2.49. The summed E-state index contributed by atoms with van der Waals surface area (Å²) in [5.74, 6) is 1.68. The molecule has 0 aliphatic rings. The number of unbranched alkanes of at least 4 members (excludes halogenated alkanes) is 2. The molecule has 1 unspecified atom stereocenters. The molecule has 0 aliphatic heterocycles. The SMILES string of the molecule is CCCCCC(CNC(C)C)Cc1cccc(OC)c1. The first-order chi connectivity index (χ1) is 9.65. The van der Waals surface area contributed by atoms with Crippen molar-refractivity contribution in [3.05, 3.63) is 29.8 Å². The van der Waals surface area contributed by atoms with Crippen LogP contribution in [0.1, 0.15) is 52.0 Å². The summed E-state index contributed by atoms with van der Waals surface area (Å²) in [6, 6.07) is 9.05. The zero-order valence-corrected chi connectivity index (χ0v) is 13.6. The second-order valence-corrected chi connectivity index (χ2v) is 5.98. The summed E-state index contributed by atoms with van der Waals surface area (Å²) in [6.45, 7) is 7.81. The lowest BCUT2D eigenvalue weighted by Gasteiger charge is -2.19. The average Bonchev–Trinajstić information content (AvgIpc) is 2.45. The van der Waals surface area contributed by atoms with Crippen molar-refractivity contribution in [3.8, 4) is 5.75 Å². The van der Waals surface area contributed by atoms with Crippen LogP contribution in [0.3, 0.4) is 0 Å². The van der Waals surface area contributed by atoms with Gasteiger partial charge in [-0.2, -0.15) is 0 Å². The minimum absolute atomic E-state index is 0.564. The highest BCUT2D eigenvalue weighted by molar-refractivity contribution is 5.28. The van der Waals surface area contributed by atoms with E-state index < -0.39 is 0 Å². The van der Waals surface area contributed by atoms with Crippen molar-refractivity contribution in [2.45, 2.75) is 58.9 Å². The number of benzene rings is 1. The molecule has 1 N–H and O–H groups in total. The monoisotopic (exact) mass is 277 g/mol. The van der Waals surface area contributed by atoms with Crippen molar-refractivity contribution in [3.63, 3.8) is 0 Å². The molecule has 2 heteroatoms. The molecule has 1 aromatic rings. The van der Waals surface area contributed by atoms with Crippen molar-refractivity contribution in [1.29, 1.82) is 0 Å². The van der Waals surface area contributed by atoms with E-state index in [-0.39, 0.29) is 0 Å². The fourth-order valence-electron chi connectivity index (χ4n) is 2.49. The summed E-state index contributed by atoms with van der Waals surface area (Å²) < 4.78 is 5.32. The second kappa shape index (κ2) is 9.82. The average molecular weight is 277 g/mol. The number of hydrogen-bond acceptors (Lipinski definition) is 2. The molecule has 0 saturated heterocycles. The van der Waals surface area contributed by atoms with Gasteiger partial charge in [0.1, 0.15) is 5.75 Å². The standard InChI is InChI=1S/C18H31NO/c1-5-6-7-9-17(14-19-15(2)3)12-16-10-8-11-18(13-16)20-4/h8,10-11,13,15,17,19H,5-7,9,12,14H2,1-4H3. The zero-order chi connectivity index (χ0) is 14.8. The Morgan fingerprint density at radius 1 is 1.20 bits per heavy atom. The van der Waals surface area contributed by atoms with E-state index >= 15 is 0 Å². The highest BCUT2D eigenvalue weighted by Crippen LogP contribution is 2.19. The maximum atomic E-state index is 5.32. The third kappa shape index (κ3) is 6.95. The van der Waals surface area contributed by atoms with Gasteiger partial charge in [0.15, 0.2) is 0 Å². The molecule has 2 nitrogen and oxygen atoms in total. The first-order valence-electron chi connectivity index (χ1n) is 8.02. The smallest absolute Gasteiger partial charge is 0.119 e. The Morgan fingerprint density at radius 3 is 2.65 bits per heavy atom. The van der Waals surface area contributed by atoms with Crippen molar-refractivity contribution in [2.75, 3.05) is 13.7 Å². The zero-order valence-electron chi connectivity index (χ0n) is 13.6. The number of hydrogen-bond donors (Lipinski definition) is 1. The van der Waals surface area contributed by atoms with E-state index in [4.69, 9.17) is 4.74 Å². The van der Waals surface area contributed by atoms with E-state index in [1.54, 1.807) is 7.11 Å². The van der Waals surface area contributed by atoms with Gasteiger partial charge in [-0.1, -0.05) is 52.2 Å². The molecule has 0 fully saturated rings. The first kappa shape index (κ1) is 17.0. The van der Waals surface area contributed by atoms with Gasteiger partial charge in [0.25, 0.3) is 0 Å². The summed E-state index contributed by atoms with van der Waals surface area (Å²) in [5.41, 5.74) is 1.39. The highest BCUT2D eigenvalue weighted by atomic mass is 16.5. The Morgan fingerprint density at radius 2 is 2.00 bits per heavy atom. The lowest BCUT2D eigenvalue weighted by molar-refractivity contribution is 0.401. The van der Waals surface area contributed by atoms with Crippen LogP contribution < -0.4 is 10.1 Å². The van der Waals surface area contributed by atoms with Gasteiger partial charge >= 0.3 is 0 Å². The highest BCUT2D eigenvalue weighted by Gasteiger charge is 2.10. The number of nitrogens with one attached hydrogen (secondary N) is 1. The largest absolute Gasteiger partial charge is 0.497 e. The molecule has 0 saturated carbocycles. The minimum atomic E-state index is 0.564.